The van der Waals surface area contributed by atoms with Gasteiger partial charge in [-0.3, -0.25) is 0 Å². The Hall–Kier alpha value is -2.01. The first-order chi connectivity index (χ1) is 13.0. The van der Waals surface area contributed by atoms with Crippen LogP contribution >= 0.6 is 11.6 Å². The lowest BCUT2D eigenvalue weighted by atomic mass is 10.1. The first-order valence-electron chi connectivity index (χ1n) is 9.11. The number of quaternary nitrogens is 1. The maximum atomic E-state index is 6.06. The Kier molecular flexibility index (Phi) is 6.33. The quantitative estimate of drug-likeness (QED) is 0.413. The molecule has 0 N–H and O–H groups in total. The number of furan rings is 1. The van der Waals surface area contributed by atoms with Crippen LogP contribution in [0.4, 0.5) is 0 Å². The molecule has 3 nitrogen and oxygen atoms in total. The van der Waals surface area contributed by atoms with E-state index in [0.29, 0.717) is 11.6 Å². The SMILES string of the molecule is C[N+](C)(CCOc1ccc2c(c1)oc1cc(Cl)ccc12)Cc1ccccc1.[Br-]. The number of benzene rings is 3. The molecule has 0 aliphatic rings. The minimum absolute atomic E-state index is 0. The summed E-state index contributed by atoms with van der Waals surface area (Å²) < 4.78 is 12.8. The van der Waals surface area contributed by atoms with Crippen LogP contribution in [0.15, 0.2) is 71.1 Å². The Labute approximate surface area is 180 Å². The Morgan fingerprint density at radius 2 is 1.57 bits per heavy atom. The third-order valence-electron chi connectivity index (χ3n) is 4.83. The number of nitrogens with zero attached hydrogens (tertiary/aromatic N) is 1. The highest BCUT2D eigenvalue weighted by atomic mass is 79.9. The number of fused-ring (bicyclic) bond motifs is 3. The second-order valence-corrected chi connectivity index (χ2v) is 7.99. The molecule has 3 aromatic carbocycles. The number of hydrogen-bond donors (Lipinski definition) is 0. The van der Waals surface area contributed by atoms with Crippen molar-refractivity contribution >= 4 is 33.5 Å². The summed E-state index contributed by atoms with van der Waals surface area (Å²) in [6.45, 7) is 2.55. The predicted octanol–water partition coefficient (Wildman–Crippen LogP) is 2.90. The second kappa shape index (κ2) is 8.56. The largest absolute Gasteiger partial charge is 1.00 e. The zero-order valence-corrected chi connectivity index (χ0v) is 18.3. The van der Waals surface area contributed by atoms with Gasteiger partial charge in [-0.05, 0) is 24.3 Å². The van der Waals surface area contributed by atoms with Gasteiger partial charge >= 0.3 is 0 Å². The first kappa shape index (κ1) is 20.7. The molecule has 0 spiro atoms. The first-order valence-corrected chi connectivity index (χ1v) is 9.49. The standard InChI is InChI=1S/C23H23ClNO2.BrH/c1-25(2,16-17-6-4-3-5-7-17)12-13-26-19-9-11-21-20-10-8-18(24)14-22(20)27-23(21)15-19;/h3-11,14-15H,12-13,16H2,1-2H3;1H/q+1;/p-1. The molecule has 0 saturated heterocycles. The van der Waals surface area contributed by atoms with Crippen LogP contribution in [0.5, 0.6) is 5.75 Å². The van der Waals surface area contributed by atoms with E-state index in [1.54, 1.807) is 0 Å². The lowest BCUT2D eigenvalue weighted by Gasteiger charge is -2.29. The van der Waals surface area contributed by atoms with Crippen molar-refractivity contribution in [2.24, 2.45) is 0 Å². The van der Waals surface area contributed by atoms with E-state index in [4.69, 9.17) is 20.8 Å². The highest BCUT2D eigenvalue weighted by Gasteiger charge is 2.16. The van der Waals surface area contributed by atoms with Gasteiger partial charge < -0.3 is 30.6 Å². The van der Waals surface area contributed by atoms with Crippen LogP contribution in [0.2, 0.25) is 5.02 Å². The Bertz CT molecular complexity index is 1080. The Balaban J connectivity index is 0.00000225. The summed E-state index contributed by atoms with van der Waals surface area (Å²) in [5.41, 5.74) is 2.96. The topological polar surface area (TPSA) is 22.4 Å². The molecule has 0 atom stereocenters. The minimum atomic E-state index is 0. The number of ether oxygens (including phenoxy) is 1. The lowest BCUT2D eigenvalue weighted by molar-refractivity contribution is -0.903. The van der Waals surface area contributed by atoms with Crippen LogP contribution in [0.25, 0.3) is 21.9 Å². The summed E-state index contributed by atoms with van der Waals surface area (Å²) >= 11 is 6.06. The number of rotatable bonds is 6. The van der Waals surface area contributed by atoms with Gasteiger partial charge in [-0.2, -0.15) is 0 Å². The molecule has 0 unspecified atom stereocenters. The molecular weight excluding hydrogens is 438 g/mol. The van der Waals surface area contributed by atoms with Crippen LogP contribution in [-0.4, -0.2) is 31.7 Å². The van der Waals surface area contributed by atoms with E-state index in [-0.39, 0.29) is 17.0 Å². The van der Waals surface area contributed by atoms with Crippen molar-refractivity contribution in [3.63, 3.8) is 0 Å². The fourth-order valence-corrected chi connectivity index (χ4v) is 3.55. The summed E-state index contributed by atoms with van der Waals surface area (Å²) in [7, 11) is 4.45. The number of hydrogen-bond acceptors (Lipinski definition) is 2. The third kappa shape index (κ3) is 4.69. The van der Waals surface area contributed by atoms with Crippen molar-refractivity contribution in [3.8, 4) is 5.75 Å². The highest BCUT2D eigenvalue weighted by molar-refractivity contribution is 6.31. The van der Waals surface area contributed by atoms with E-state index in [9.17, 15) is 0 Å². The molecule has 5 heteroatoms. The summed E-state index contributed by atoms with van der Waals surface area (Å²) in [5, 5.41) is 2.83. The van der Waals surface area contributed by atoms with Crippen LogP contribution in [-0.2, 0) is 6.54 Å². The van der Waals surface area contributed by atoms with Crippen molar-refractivity contribution < 1.29 is 30.6 Å². The molecule has 4 aromatic rings. The van der Waals surface area contributed by atoms with Gasteiger partial charge in [0.2, 0.25) is 0 Å². The lowest BCUT2D eigenvalue weighted by Crippen LogP contribution is -3.00. The van der Waals surface area contributed by atoms with E-state index in [1.165, 1.54) is 5.56 Å². The maximum absolute atomic E-state index is 6.06. The molecule has 1 aromatic heterocycles. The molecule has 1 heterocycles. The van der Waals surface area contributed by atoms with Gasteiger partial charge in [0.1, 0.15) is 36.6 Å². The molecule has 0 saturated carbocycles. The summed E-state index contributed by atoms with van der Waals surface area (Å²) in [5.74, 6) is 0.826. The van der Waals surface area contributed by atoms with Gasteiger partial charge in [0, 0.05) is 33.5 Å². The average molecular weight is 461 g/mol. The molecule has 0 radical (unpaired) electrons. The van der Waals surface area contributed by atoms with Crippen LogP contribution in [0, 0.1) is 0 Å². The van der Waals surface area contributed by atoms with Crippen molar-refractivity contribution in [3.05, 3.63) is 77.3 Å². The van der Waals surface area contributed by atoms with Gasteiger partial charge in [-0.15, -0.1) is 0 Å². The van der Waals surface area contributed by atoms with Crippen molar-refractivity contribution in [2.45, 2.75) is 6.54 Å². The average Bonchev–Trinajstić information content (AvgIpc) is 2.98. The number of likely N-dealkylation sites (N-methyl/N-ethyl adjacent to an activating group) is 1. The Morgan fingerprint density at radius 1 is 0.893 bits per heavy atom. The zero-order valence-electron chi connectivity index (χ0n) is 16.0. The maximum Gasteiger partial charge on any atom is 0.139 e. The molecule has 28 heavy (non-hydrogen) atoms. The van der Waals surface area contributed by atoms with Crippen molar-refractivity contribution in [2.75, 3.05) is 27.2 Å². The predicted molar refractivity (Wildman–Crippen MR) is 111 cm³/mol. The minimum Gasteiger partial charge on any atom is -1.00 e. The van der Waals surface area contributed by atoms with E-state index >= 15 is 0 Å². The molecule has 4 rings (SSSR count). The highest BCUT2D eigenvalue weighted by Crippen LogP contribution is 2.32. The fourth-order valence-electron chi connectivity index (χ4n) is 3.39. The number of halogens is 2. The van der Waals surface area contributed by atoms with Crippen LogP contribution in [0.1, 0.15) is 5.56 Å². The van der Waals surface area contributed by atoms with E-state index in [1.807, 2.05) is 36.4 Å². The Morgan fingerprint density at radius 3 is 2.32 bits per heavy atom. The molecular formula is C23H23BrClNO2. The van der Waals surface area contributed by atoms with Gasteiger partial charge in [-0.1, -0.05) is 41.9 Å². The van der Waals surface area contributed by atoms with Crippen molar-refractivity contribution in [1.82, 2.24) is 0 Å². The molecule has 0 aliphatic carbocycles. The van der Waals surface area contributed by atoms with Gasteiger partial charge in [0.25, 0.3) is 0 Å². The monoisotopic (exact) mass is 459 g/mol. The summed E-state index contributed by atoms with van der Waals surface area (Å²) in [6, 6.07) is 22.3. The molecule has 146 valence electrons. The summed E-state index contributed by atoms with van der Waals surface area (Å²) in [4.78, 5) is 0. The molecule has 0 amide bonds. The molecule has 0 fully saturated rings. The normalized spacial score (nSPS) is 11.5. The van der Waals surface area contributed by atoms with Crippen molar-refractivity contribution in [1.29, 1.82) is 0 Å². The van der Waals surface area contributed by atoms with E-state index < -0.39 is 0 Å². The second-order valence-electron chi connectivity index (χ2n) is 7.55. The molecule has 0 bridgehead atoms. The third-order valence-corrected chi connectivity index (χ3v) is 5.06. The smallest absolute Gasteiger partial charge is 0.139 e. The van der Waals surface area contributed by atoms with E-state index in [0.717, 1.165) is 45.3 Å². The van der Waals surface area contributed by atoms with E-state index in [2.05, 4.69) is 44.4 Å². The summed E-state index contributed by atoms with van der Waals surface area (Å²) in [6.07, 6.45) is 0. The van der Waals surface area contributed by atoms with Gasteiger partial charge in [-0.25, -0.2) is 0 Å². The van der Waals surface area contributed by atoms with Gasteiger partial charge in [0.15, 0.2) is 0 Å². The van der Waals surface area contributed by atoms with Crippen LogP contribution in [0.3, 0.4) is 0 Å². The fraction of sp³-hybridized carbons (Fsp3) is 0.217. The van der Waals surface area contributed by atoms with Crippen LogP contribution < -0.4 is 21.7 Å². The zero-order chi connectivity index (χ0) is 18.9. The molecule has 0 aliphatic heterocycles. The van der Waals surface area contributed by atoms with Gasteiger partial charge in [0.05, 0.1) is 14.1 Å².